The first-order valence-corrected chi connectivity index (χ1v) is 8.84. The summed E-state index contributed by atoms with van der Waals surface area (Å²) in [6.07, 6.45) is -0.0234. The maximum atomic E-state index is 11.9. The summed E-state index contributed by atoms with van der Waals surface area (Å²) in [7, 11) is 0. The number of esters is 1. The second-order valence-corrected chi connectivity index (χ2v) is 6.31. The van der Waals surface area contributed by atoms with E-state index in [9.17, 15) is 14.4 Å². The predicted octanol–water partition coefficient (Wildman–Crippen LogP) is 2.63. The molecular weight excluding hydrogens is 368 g/mol. The molecule has 0 spiro atoms. The first-order valence-electron chi connectivity index (χ1n) is 8.46. The van der Waals surface area contributed by atoms with E-state index in [1.807, 2.05) is 31.2 Å². The molecule has 0 atom stereocenters. The summed E-state index contributed by atoms with van der Waals surface area (Å²) in [4.78, 5) is 35.3. The molecule has 0 aliphatic rings. The number of benzene rings is 2. The Labute approximate surface area is 162 Å². The number of hydrogen-bond acceptors (Lipinski definition) is 4. The van der Waals surface area contributed by atoms with E-state index in [0.717, 1.165) is 11.1 Å². The minimum atomic E-state index is -0.558. The van der Waals surface area contributed by atoms with Crippen LogP contribution in [0.25, 0.3) is 0 Å². The van der Waals surface area contributed by atoms with Crippen LogP contribution in [0.2, 0.25) is 5.02 Å². The fraction of sp³-hybridized carbons (Fsp3) is 0.250. The van der Waals surface area contributed by atoms with Crippen molar-refractivity contribution in [2.45, 2.75) is 19.9 Å². The third-order valence-corrected chi connectivity index (χ3v) is 4.07. The largest absolute Gasteiger partial charge is 0.456 e. The Morgan fingerprint density at radius 3 is 2.41 bits per heavy atom. The van der Waals surface area contributed by atoms with Gasteiger partial charge in [0.1, 0.15) is 0 Å². The topological polar surface area (TPSA) is 84.5 Å². The zero-order valence-corrected chi connectivity index (χ0v) is 15.7. The molecule has 7 heteroatoms. The van der Waals surface area contributed by atoms with Crippen molar-refractivity contribution < 1.29 is 19.1 Å². The molecule has 0 saturated carbocycles. The van der Waals surface area contributed by atoms with Crippen molar-refractivity contribution >= 4 is 29.4 Å². The minimum Gasteiger partial charge on any atom is -0.456 e. The van der Waals surface area contributed by atoms with Crippen molar-refractivity contribution in [1.82, 2.24) is 10.6 Å². The summed E-state index contributed by atoms with van der Waals surface area (Å²) in [5, 5.41) is 5.84. The Kier molecular flexibility index (Phi) is 7.82. The van der Waals surface area contributed by atoms with E-state index in [2.05, 4.69) is 10.6 Å². The molecule has 142 valence electrons. The first kappa shape index (κ1) is 20.5. The predicted molar refractivity (Wildman–Crippen MR) is 102 cm³/mol. The van der Waals surface area contributed by atoms with E-state index in [1.165, 1.54) is 0 Å². The molecule has 0 aliphatic heterocycles. The van der Waals surface area contributed by atoms with Gasteiger partial charge >= 0.3 is 5.97 Å². The van der Waals surface area contributed by atoms with E-state index in [0.29, 0.717) is 17.1 Å². The monoisotopic (exact) mass is 388 g/mol. The van der Waals surface area contributed by atoms with Crippen molar-refractivity contribution in [2.24, 2.45) is 0 Å². The number of halogens is 1. The van der Waals surface area contributed by atoms with Crippen molar-refractivity contribution in [3.8, 4) is 0 Å². The van der Waals surface area contributed by atoms with Gasteiger partial charge in [0.05, 0.1) is 6.42 Å². The van der Waals surface area contributed by atoms with Crippen LogP contribution < -0.4 is 10.6 Å². The molecule has 0 unspecified atom stereocenters. The summed E-state index contributed by atoms with van der Waals surface area (Å²) in [6, 6.07) is 14.1. The Morgan fingerprint density at radius 1 is 1.00 bits per heavy atom. The van der Waals surface area contributed by atoms with Crippen LogP contribution >= 0.6 is 11.6 Å². The van der Waals surface area contributed by atoms with Gasteiger partial charge in [-0.15, -0.1) is 0 Å². The Hall–Kier alpha value is -2.86. The zero-order valence-electron chi connectivity index (χ0n) is 15.0. The summed E-state index contributed by atoms with van der Waals surface area (Å²) >= 11 is 5.76. The van der Waals surface area contributed by atoms with Gasteiger partial charge in [-0.3, -0.25) is 14.4 Å². The Balaban J connectivity index is 1.62. The smallest absolute Gasteiger partial charge is 0.308 e. The quantitative estimate of drug-likeness (QED) is 0.681. The number of carbonyl (C=O) groups excluding carboxylic acids is 3. The van der Waals surface area contributed by atoms with Gasteiger partial charge in [0.25, 0.3) is 11.8 Å². The molecule has 2 amide bonds. The first-order chi connectivity index (χ1) is 13.0. The molecule has 0 bridgehead atoms. The summed E-state index contributed by atoms with van der Waals surface area (Å²) in [5.74, 6) is -1.25. The van der Waals surface area contributed by atoms with E-state index < -0.39 is 5.97 Å². The SMILES string of the molecule is Cc1ccccc1CNC(=O)COC(=O)CCNC(=O)c1ccc(Cl)cc1. The number of carbonyl (C=O) groups is 3. The van der Waals surface area contributed by atoms with Crippen LogP contribution in [0.15, 0.2) is 48.5 Å². The highest BCUT2D eigenvalue weighted by atomic mass is 35.5. The highest BCUT2D eigenvalue weighted by Crippen LogP contribution is 2.09. The molecule has 2 N–H and O–H groups in total. The number of ether oxygens (including phenoxy) is 1. The zero-order chi connectivity index (χ0) is 19.6. The molecule has 6 nitrogen and oxygen atoms in total. The number of nitrogens with one attached hydrogen (secondary N) is 2. The summed E-state index contributed by atoms with van der Waals surface area (Å²) < 4.78 is 4.91. The van der Waals surface area contributed by atoms with Gasteiger partial charge in [-0.2, -0.15) is 0 Å². The Morgan fingerprint density at radius 2 is 1.70 bits per heavy atom. The average molecular weight is 389 g/mol. The molecule has 0 fully saturated rings. The van der Waals surface area contributed by atoms with Crippen LogP contribution in [-0.2, 0) is 20.9 Å². The van der Waals surface area contributed by atoms with Crippen molar-refractivity contribution in [3.63, 3.8) is 0 Å². The van der Waals surface area contributed by atoms with Crippen LogP contribution in [0.3, 0.4) is 0 Å². The van der Waals surface area contributed by atoms with E-state index in [1.54, 1.807) is 24.3 Å². The van der Waals surface area contributed by atoms with Crippen LogP contribution in [0, 0.1) is 6.92 Å². The highest BCUT2D eigenvalue weighted by molar-refractivity contribution is 6.30. The molecule has 0 radical (unpaired) electrons. The maximum absolute atomic E-state index is 11.9. The molecule has 2 aromatic carbocycles. The highest BCUT2D eigenvalue weighted by Gasteiger charge is 2.10. The van der Waals surface area contributed by atoms with E-state index >= 15 is 0 Å². The van der Waals surface area contributed by atoms with Crippen LogP contribution in [0.4, 0.5) is 0 Å². The molecule has 0 aromatic heterocycles. The van der Waals surface area contributed by atoms with Crippen LogP contribution in [0.1, 0.15) is 27.9 Å². The minimum absolute atomic E-state index is 0.0234. The van der Waals surface area contributed by atoms with Crippen LogP contribution in [-0.4, -0.2) is 30.9 Å². The van der Waals surface area contributed by atoms with Gasteiger partial charge in [0.15, 0.2) is 6.61 Å². The maximum Gasteiger partial charge on any atom is 0.308 e. The standard InChI is InChI=1S/C20H21ClN2O4/c1-14-4-2-3-5-16(14)12-23-18(24)13-27-19(25)10-11-22-20(26)15-6-8-17(21)9-7-15/h2-9H,10-13H2,1H3,(H,22,26)(H,23,24). The lowest BCUT2D eigenvalue weighted by molar-refractivity contribution is -0.148. The van der Waals surface area contributed by atoms with E-state index in [-0.39, 0.29) is 31.4 Å². The van der Waals surface area contributed by atoms with Crippen molar-refractivity contribution in [3.05, 3.63) is 70.2 Å². The van der Waals surface area contributed by atoms with Gasteiger partial charge in [-0.25, -0.2) is 0 Å². The third-order valence-electron chi connectivity index (χ3n) is 3.82. The molecule has 0 aliphatic carbocycles. The second kappa shape index (κ2) is 10.3. The number of amides is 2. The molecule has 2 aromatic rings. The number of rotatable bonds is 8. The normalized spacial score (nSPS) is 10.1. The van der Waals surface area contributed by atoms with Gasteiger partial charge in [-0.05, 0) is 42.3 Å². The van der Waals surface area contributed by atoms with Crippen molar-refractivity contribution in [1.29, 1.82) is 0 Å². The number of aryl methyl sites for hydroxylation is 1. The molecule has 27 heavy (non-hydrogen) atoms. The fourth-order valence-corrected chi connectivity index (χ4v) is 2.38. The van der Waals surface area contributed by atoms with Crippen molar-refractivity contribution in [2.75, 3.05) is 13.2 Å². The molecule has 0 heterocycles. The van der Waals surface area contributed by atoms with E-state index in [4.69, 9.17) is 16.3 Å². The second-order valence-electron chi connectivity index (χ2n) is 5.88. The van der Waals surface area contributed by atoms with Gasteiger partial charge < -0.3 is 15.4 Å². The van der Waals surface area contributed by atoms with Crippen LogP contribution in [0.5, 0.6) is 0 Å². The van der Waals surface area contributed by atoms with Gasteiger partial charge in [0.2, 0.25) is 0 Å². The van der Waals surface area contributed by atoms with Gasteiger partial charge in [0, 0.05) is 23.7 Å². The lowest BCUT2D eigenvalue weighted by atomic mass is 10.1. The fourth-order valence-electron chi connectivity index (χ4n) is 2.25. The molecule has 0 saturated heterocycles. The van der Waals surface area contributed by atoms with Gasteiger partial charge in [-0.1, -0.05) is 35.9 Å². The lowest BCUT2D eigenvalue weighted by Gasteiger charge is -2.09. The summed E-state index contributed by atoms with van der Waals surface area (Å²) in [5.41, 5.74) is 2.52. The third kappa shape index (κ3) is 7.11. The molecule has 2 rings (SSSR count). The lowest BCUT2D eigenvalue weighted by Crippen LogP contribution is -2.30. The Bertz CT molecular complexity index is 806. The average Bonchev–Trinajstić information content (AvgIpc) is 2.66. The summed E-state index contributed by atoms with van der Waals surface area (Å²) in [6.45, 7) is 2.10. The molecular formula is C20H21ClN2O4. The number of hydrogen-bond donors (Lipinski definition) is 2.